The van der Waals surface area contributed by atoms with Crippen molar-refractivity contribution in [2.45, 2.75) is 25.8 Å². The number of halogens is 2. The van der Waals surface area contributed by atoms with Gasteiger partial charge in [-0.1, -0.05) is 23.8 Å². The van der Waals surface area contributed by atoms with Gasteiger partial charge in [0.05, 0.1) is 10.2 Å². The van der Waals surface area contributed by atoms with Crippen LogP contribution >= 0.6 is 15.9 Å². The first kappa shape index (κ1) is 20.3. The molecule has 1 aliphatic heterocycles. The van der Waals surface area contributed by atoms with Gasteiger partial charge in [0.2, 0.25) is 5.91 Å². The van der Waals surface area contributed by atoms with Gasteiger partial charge >= 0.3 is 0 Å². The van der Waals surface area contributed by atoms with Gasteiger partial charge in [-0.25, -0.2) is 4.39 Å². The quantitative estimate of drug-likeness (QED) is 0.610. The highest BCUT2D eigenvalue weighted by atomic mass is 79.9. The molecule has 0 spiro atoms. The van der Waals surface area contributed by atoms with Crippen LogP contribution in [0.1, 0.15) is 38.7 Å². The van der Waals surface area contributed by atoms with Gasteiger partial charge in [-0.3, -0.25) is 14.3 Å². The van der Waals surface area contributed by atoms with Crippen molar-refractivity contribution in [1.82, 2.24) is 15.1 Å². The molecule has 3 aromatic rings. The standard InChI is InChI=1S/C22H20BrFN4O2/c1-11-5-4-6-14(9-11)21(29)25-19-18(13-7-8-16(24)15(23)10-13)17-12(2)27-28(3)20(17)26-22(19)30/h4-10,18-19H,1-3H3,(H,25,29)(H,26,30)/t18-,19-/m1/s1. The maximum absolute atomic E-state index is 13.9. The van der Waals surface area contributed by atoms with Crippen LogP contribution in [0.5, 0.6) is 0 Å². The number of aryl methyl sites for hydroxylation is 3. The fourth-order valence-corrected chi connectivity index (χ4v) is 4.33. The van der Waals surface area contributed by atoms with Crippen molar-refractivity contribution in [2.24, 2.45) is 7.05 Å². The molecule has 2 heterocycles. The normalized spacial score (nSPS) is 18.0. The van der Waals surface area contributed by atoms with Gasteiger partial charge in [-0.2, -0.15) is 5.10 Å². The Morgan fingerprint density at radius 1 is 1.23 bits per heavy atom. The van der Waals surface area contributed by atoms with Crippen molar-refractivity contribution in [3.05, 3.63) is 80.7 Å². The molecule has 0 fully saturated rings. The van der Waals surface area contributed by atoms with Crippen molar-refractivity contribution in [3.8, 4) is 0 Å². The lowest BCUT2D eigenvalue weighted by Gasteiger charge is -2.32. The Morgan fingerprint density at radius 3 is 2.70 bits per heavy atom. The molecule has 30 heavy (non-hydrogen) atoms. The van der Waals surface area contributed by atoms with Gasteiger partial charge in [0, 0.05) is 24.1 Å². The van der Waals surface area contributed by atoms with Crippen molar-refractivity contribution < 1.29 is 14.0 Å². The molecule has 1 aromatic heterocycles. The van der Waals surface area contributed by atoms with E-state index in [9.17, 15) is 14.0 Å². The van der Waals surface area contributed by atoms with E-state index in [1.807, 2.05) is 19.9 Å². The van der Waals surface area contributed by atoms with E-state index < -0.39 is 17.8 Å². The Bertz CT molecular complexity index is 1170. The molecule has 2 amide bonds. The third-order valence-corrected chi connectivity index (χ3v) is 5.91. The van der Waals surface area contributed by atoms with E-state index in [0.29, 0.717) is 16.9 Å². The molecule has 0 aliphatic carbocycles. The molecule has 154 valence electrons. The molecule has 0 saturated heterocycles. The number of hydrogen-bond donors (Lipinski definition) is 2. The van der Waals surface area contributed by atoms with Crippen molar-refractivity contribution in [2.75, 3.05) is 5.32 Å². The maximum atomic E-state index is 13.9. The minimum Gasteiger partial charge on any atom is -0.339 e. The number of benzene rings is 2. The van der Waals surface area contributed by atoms with Crippen LogP contribution in [0.4, 0.5) is 10.2 Å². The lowest BCUT2D eigenvalue weighted by atomic mass is 9.82. The molecule has 4 rings (SSSR count). The SMILES string of the molecule is Cc1cccc(C(=O)N[C@H]2C(=O)Nc3c(c(C)nn3C)[C@H]2c2ccc(F)c(Br)c2)c1. The second kappa shape index (κ2) is 7.68. The molecule has 6 nitrogen and oxygen atoms in total. The van der Waals surface area contributed by atoms with Crippen molar-refractivity contribution >= 4 is 33.6 Å². The predicted octanol–water partition coefficient (Wildman–Crippen LogP) is 3.82. The van der Waals surface area contributed by atoms with Gasteiger partial charge in [0.1, 0.15) is 17.7 Å². The Hall–Kier alpha value is -3.00. The number of hydrogen-bond acceptors (Lipinski definition) is 3. The van der Waals surface area contributed by atoms with E-state index in [-0.39, 0.29) is 16.3 Å². The molecule has 2 atom stereocenters. The van der Waals surface area contributed by atoms with Crippen LogP contribution in [-0.4, -0.2) is 27.6 Å². The van der Waals surface area contributed by atoms with E-state index in [0.717, 1.165) is 16.8 Å². The highest BCUT2D eigenvalue weighted by Crippen LogP contribution is 2.40. The number of rotatable bonds is 3. The third-order valence-electron chi connectivity index (χ3n) is 5.31. The van der Waals surface area contributed by atoms with Crippen LogP contribution in [0.25, 0.3) is 0 Å². The Kier molecular flexibility index (Phi) is 5.19. The zero-order chi connectivity index (χ0) is 21.6. The molecule has 2 aromatic carbocycles. The molecule has 2 N–H and O–H groups in total. The fraction of sp³-hybridized carbons (Fsp3) is 0.227. The van der Waals surface area contributed by atoms with Gasteiger partial charge in [0.25, 0.3) is 5.91 Å². The van der Waals surface area contributed by atoms with Gasteiger partial charge in [-0.15, -0.1) is 0 Å². The lowest BCUT2D eigenvalue weighted by Crippen LogP contribution is -2.50. The fourth-order valence-electron chi connectivity index (χ4n) is 3.93. The van der Waals surface area contributed by atoms with Crippen LogP contribution in [0.2, 0.25) is 0 Å². The average molecular weight is 471 g/mol. The molecule has 1 aliphatic rings. The highest BCUT2D eigenvalue weighted by Gasteiger charge is 2.41. The minimum atomic E-state index is -0.884. The van der Waals surface area contributed by atoms with E-state index in [4.69, 9.17) is 0 Å². The summed E-state index contributed by atoms with van der Waals surface area (Å²) >= 11 is 3.22. The highest BCUT2D eigenvalue weighted by molar-refractivity contribution is 9.10. The van der Waals surface area contributed by atoms with Crippen LogP contribution in [0.15, 0.2) is 46.9 Å². The summed E-state index contributed by atoms with van der Waals surface area (Å²) in [5, 5.41) is 10.2. The molecule has 8 heteroatoms. The van der Waals surface area contributed by atoms with Gasteiger partial charge < -0.3 is 10.6 Å². The number of carbonyl (C=O) groups excluding carboxylic acids is 2. The summed E-state index contributed by atoms with van der Waals surface area (Å²) in [6.45, 7) is 3.75. The number of amides is 2. The van der Waals surface area contributed by atoms with E-state index in [1.165, 1.54) is 6.07 Å². The number of fused-ring (bicyclic) bond motifs is 1. The summed E-state index contributed by atoms with van der Waals surface area (Å²) in [5.74, 6) is -1.05. The Labute approximate surface area is 181 Å². The largest absolute Gasteiger partial charge is 0.339 e. The first-order valence-electron chi connectivity index (χ1n) is 9.43. The second-order valence-electron chi connectivity index (χ2n) is 7.43. The Morgan fingerprint density at radius 2 is 2.00 bits per heavy atom. The average Bonchev–Trinajstić information content (AvgIpc) is 2.98. The molecule has 0 unspecified atom stereocenters. The topological polar surface area (TPSA) is 76.0 Å². The second-order valence-corrected chi connectivity index (χ2v) is 8.29. The summed E-state index contributed by atoms with van der Waals surface area (Å²) in [5.41, 5.74) is 3.64. The zero-order valence-corrected chi connectivity index (χ0v) is 18.2. The van der Waals surface area contributed by atoms with Gasteiger partial charge in [0.15, 0.2) is 0 Å². The van der Waals surface area contributed by atoms with E-state index >= 15 is 0 Å². The van der Waals surface area contributed by atoms with Crippen LogP contribution in [0.3, 0.4) is 0 Å². The number of carbonyl (C=O) groups is 2. The van der Waals surface area contributed by atoms with Crippen molar-refractivity contribution in [1.29, 1.82) is 0 Å². The smallest absolute Gasteiger partial charge is 0.251 e. The molecule has 0 saturated carbocycles. The summed E-state index contributed by atoms with van der Waals surface area (Å²) < 4.78 is 15.8. The van der Waals surface area contributed by atoms with Gasteiger partial charge in [-0.05, 0) is 59.6 Å². The van der Waals surface area contributed by atoms with Crippen LogP contribution < -0.4 is 10.6 Å². The van der Waals surface area contributed by atoms with Crippen LogP contribution in [-0.2, 0) is 11.8 Å². The molecule has 0 bridgehead atoms. The minimum absolute atomic E-state index is 0.290. The number of nitrogens with one attached hydrogen (secondary N) is 2. The summed E-state index contributed by atoms with van der Waals surface area (Å²) in [6, 6.07) is 10.9. The first-order chi connectivity index (χ1) is 14.3. The third kappa shape index (κ3) is 3.52. The van der Waals surface area contributed by atoms with E-state index in [1.54, 1.807) is 42.1 Å². The summed E-state index contributed by atoms with van der Waals surface area (Å²) in [4.78, 5) is 26.0. The number of aromatic nitrogens is 2. The summed E-state index contributed by atoms with van der Waals surface area (Å²) in [7, 11) is 1.75. The van der Waals surface area contributed by atoms with E-state index in [2.05, 4.69) is 31.7 Å². The molecular weight excluding hydrogens is 451 g/mol. The van der Waals surface area contributed by atoms with Crippen LogP contribution in [0, 0.1) is 19.7 Å². The number of nitrogens with zero attached hydrogens (tertiary/aromatic N) is 2. The molecule has 0 radical (unpaired) electrons. The number of anilines is 1. The summed E-state index contributed by atoms with van der Waals surface area (Å²) in [6.07, 6.45) is 0. The Balaban J connectivity index is 1.80. The predicted molar refractivity (Wildman–Crippen MR) is 115 cm³/mol. The zero-order valence-electron chi connectivity index (χ0n) is 16.7. The molecular formula is C22H20BrFN4O2. The lowest BCUT2D eigenvalue weighted by molar-refractivity contribution is -0.118. The maximum Gasteiger partial charge on any atom is 0.251 e. The van der Waals surface area contributed by atoms with Crippen molar-refractivity contribution in [3.63, 3.8) is 0 Å². The first-order valence-corrected chi connectivity index (χ1v) is 10.2. The monoisotopic (exact) mass is 470 g/mol.